The molecule has 29 heavy (non-hydrogen) atoms. The maximum Gasteiger partial charge on any atom is 0.328 e. The van der Waals surface area contributed by atoms with Crippen molar-refractivity contribution in [2.24, 2.45) is 5.10 Å². The number of carbonyl (C=O) groups excluding carboxylic acids is 1. The standard InChI is InChI=1S/C21H22N4O4/c26-20(23-16-7-4-12-29-19(16)14-8-10-22-11-9-14)17-13-18(21(27)28)25(24-17)15-5-2-1-3-6-15/h1-3,5-6,8-11,16,18-19H,4,7,12-13H2,(H,23,26)(H,27,28)/t16-,18?,19+/m0/s1. The van der Waals surface area contributed by atoms with Gasteiger partial charge in [0.1, 0.15) is 11.8 Å². The second kappa shape index (κ2) is 8.40. The van der Waals surface area contributed by atoms with Gasteiger partial charge in [0.2, 0.25) is 0 Å². The summed E-state index contributed by atoms with van der Waals surface area (Å²) in [4.78, 5) is 28.6. The van der Waals surface area contributed by atoms with Gasteiger partial charge in [0.25, 0.3) is 5.91 Å². The van der Waals surface area contributed by atoms with E-state index in [0.717, 1.165) is 18.4 Å². The molecule has 3 atom stereocenters. The minimum Gasteiger partial charge on any atom is -0.480 e. The molecule has 1 amide bonds. The van der Waals surface area contributed by atoms with E-state index < -0.39 is 12.0 Å². The predicted octanol–water partition coefficient (Wildman–Crippen LogP) is 2.14. The number of aromatic nitrogens is 1. The average Bonchev–Trinajstić information content (AvgIpc) is 3.22. The van der Waals surface area contributed by atoms with Crippen molar-refractivity contribution >= 4 is 23.3 Å². The zero-order valence-corrected chi connectivity index (χ0v) is 15.8. The van der Waals surface area contributed by atoms with E-state index in [4.69, 9.17) is 4.74 Å². The summed E-state index contributed by atoms with van der Waals surface area (Å²) in [7, 11) is 0. The first kappa shape index (κ1) is 19.1. The molecule has 1 fully saturated rings. The summed E-state index contributed by atoms with van der Waals surface area (Å²) >= 11 is 0. The van der Waals surface area contributed by atoms with Crippen LogP contribution in [0.25, 0.3) is 0 Å². The minimum absolute atomic E-state index is 0.0452. The van der Waals surface area contributed by atoms with E-state index in [9.17, 15) is 14.7 Å². The molecule has 1 unspecified atom stereocenters. The second-order valence-corrected chi connectivity index (χ2v) is 7.08. The van der Waals surface area contributed by atoms with Crippen LogP contribution in [-0.4, -0.2) is 46.4 Å². The van der Waals surface area contributed by atoms with Gasteiger partial charge in [0, 0.05) is 25.4 Å². The molecule has 0 saturated carbocycles. The lowest BCUT2D eigenvalue weighted by atomic mass is 9.96. The number of aliphatic carboxylic acids is 1. The number of anilines is 1. The fourth-order valence-electron chi connectivity index (χ4n) is 3.72. The van der Waals surface area contributed by atoms with Crippen molar-refractivity contribution < 1.29 is 19.4 Å². The molecule has 8 heteroatoms. The van der Waals surface area contributed by atoms with Crippen molar-refractivity contribution in [1.29, 1.82) is 0 Å². The van der Waals surface area contributed by atoms with E-state index in [0.29, 0.717) is 12.3 Å². The maximum atomic E-state index is 12.9. The number of hydrogen-bond acceptors (Lipinski definition) is 6. The number of benzene rings is 1. The van der Waals surface area contributed by atoms with Crippen molar-refractivity contribution in [3.8, 4) is 0 Å². The number of rotatable bonds is 5. The van der Waals surface area contributed by atoms with Crippen molar-refractivity contribution in [3.63, 3.8) is 0 Å². The highest BCUT2D eigenvalue weighted by molar-refractivity contribution is 6.40. The Morgan fingerprint density at radius 3 is 2.62 bits per heavy atom. The molecule has 150 valence electrons. The smallest absolute Gasteiger partial charge is 0.328 e. The van der Waals surface area contributed by atoms with Gasteiger partial charge < -0.3 is 15.2 Å². The van der Waals surface area contributed by atoms with E-state index in [1.165, 1.54) is 5.01 Å². The molecule has 2 aliphatic heterocycles. The van der Waals surface area contributed by atoms with Crippen molar-refractivity contribution in [3.05, 3.63) is 60.4 Å². The summed E-state index contributed by atoms with van der Waals surface area (Å²) in [6.45, 7) is 0.628. The van der Waals surface area contributed by atoms with E-state index in [1.807, 2.05) is 18.2 Å². The third-order valence-electron chi connectivity index (χ3n) is 5.15. The van der Waals surface area contributed by atoms with Crippen LogP contribution in [0.5, 0.6) is 0 Å². The molecular formula is C21H22N4O4. The summed E-state index contributed by atoms with van der Waals surface area (Å²) in [6, 6.07) is 11.6. The van der Waals surface area contributed by atoms with Gasteiger partial charge in [-0.3, -0.25) is 14.8 Å². The number of carboxylic acids is 1. The number of nitrogens with one attached hydrogen (secondary N) is 1. The molecule has 2 N–H and O–H groups in total. The summed E-state index contributed by atoms with van der Waals surface area (Å²) in [5, 5.41) is 18.3. The van der Waals surface area contributed by atoms with E-state index in [-0.39, 0.29) is 30.2 Å². The van der Waals surface area contributed by atoms with Gasteiger partial charge in [-0.15, -0.1) is 0 Å². The maximum absolute atomic E-state index is 12.9. The average molecular weight is 394 g/mol. The largest absolute Gasteiger partial charge is 0.480 e. The van der Waals surface area contributed by atoms with Crippen LogP contribution in [0, 0.1) is 0 Å². The third kappa shape index (κ3) is 4.12. The van der Waals surface area contributed by atoms with Crippen LogP contribution in [0.1, 0.15) is 30.9 Å². The molecule has 3 heterocycles. The number of carboxylic acid groups (broad SMARTS) is 1. The number of hydrazone groups is 1. The molecule has 1 aromatic heterocycles. The second-order valence-electron chi connectivity index (χ2n) is 7.08. The van der Waals surface area contributed by atoms with Gasteiger partial charge in [-0.05, 0) is 42.7 Å². The summed E-state index contributed by atoms with van der Waals surface area (Å²) in [6.07, 6.45) is 4.79. The Bertz CT molecular complexity index is 903. The fraction of sp³-hybridized carbons (Fsp3) is 0.333. The highest BCUT2D eigenvalue weighted by atomic mass is 16.5. The predicted molar refractivity (Wildman–Crippen MR) is 106 cm³/mol. The molecule has 2 aliphatic rings. The molecule has 0 spiro atoms. The molecule has 4 rings (SSSR count). The normalized spacial score (nSPS) is 24.1. The van der Waals surface area contributed by atoms with Gasteiger partial charge in [-0.1, -0.05) is 18.2 Å². The van der Waals surface area contributed by atoms with Crippen LogP contribution >= 0.6 is 0 Å². The van der Waals surface area contributed by atoms with Crippen LogP contribution in [0.4, 0.5) is 5.69 Å². The summed E-state index contributed by atoms with van der Waals surface area (Å²) in [5.41, 5.74) is 1.80. The van der Waals surface area contributed by atoms with Crippen molar-refractivity contribution in [2.45, 2.75) is 37.5 Å². The molecular weight excluding hydrogens is 372 g/mol. The van der Waals surface area contributed by atoms with Crippen molar-refractivity contribution in [1.82, 2.24) is 10.3 Å². The lowest BCUT2D eigenvalue weighted by Crippen LogP contribution is -2.45. The monoisotopic (exact) mass is 394 g/mol. The number of carbonyl (C=O) groups is 2. The Morgan fingerprint density at radius 2 is 1.90 bits per heavy atom. The van der Waals surface area contributed by atoms with Crippen LogP contribution in [0.2, 0.25) is 0 Å². The van der Waals surface area contributed by atoms with Gasteiger partial charge >= 0.3 is 5.97 Å². The Kier molecular flexibility index (Phi) is 5.53. The van der Waals surface area contributed by atoms with Gasteiger partial charge in [-0.2, -0.15) is 5.10 Å². The molecule has 1 saturated heterocycles. The first-order valence-electron chi connectivity index (χ1n) is 9.60. The zero-order chi connectivity index (χ0) is 20.2. The van der Waals surface area contributed by atoms with Gasteiger partial charge in [0.15, 0.2) is 6.04 Å². The van der Waals surface area contributed by atoms with Crippen LogP contribution in [0.3, 0.4) is 0 Å². The van der Waals surface area contributed by atoms with E-state index in [2.05, 4.69) is 15.4 Å². The Morgan fingerprint density at radius 1 is 1.14 bits per heavy atom. The quantitative estimate of drug-likeness (QED) is 0.805. The number of para-hydroxylation sites is 1. The lowest BCUT2D eigenvalue weighted by Gasteiger charge is -2.32. The van der Waals surface area contributed by atoms with Crippen molar-refractivity contribution in [2.75, 3.05) is 11.6 Å². The molecule has 0 radical (unpaired) electrons. The highest BCUT2D eigenvalue weighted by Crippen LogP contribution is 2.29. The topological polar surface area (TPSA) is 104 Å². The summed E-state index contributed by atoms with van der Waals surface area (Å²) in [5.74, 6) is -1.37. The van der Waals surface area contributed by atoms with Crippen LogP contribution in [0.15, 0.2) is 60.0 Å². The molecule has 1 aromatic carbocycles. The first-order valence-corrected chi connectivity index (χ1v) is 9.60. The van der Waals surface area contributed by atoms with E-state index >= 15 is 0 Å². The number of amides is 1. The number of hydrogen-bond donors (Lipinski definition) is 2. The zero-order valence-electron chi connectivity index (χ0n) is 15.8. The van der Waals surface area contributed by atoms with E-state index in [1.54, 1.807) is 36.7 Å². The van der Waals surface area contributed by atoms with Crippen LogP contribution < -0.4 is 10.3 Å². The van der Waals surface area contributed by atoms with Gasteiger partial charge in [0.05, 0.1) is 11.7 Å². The lowest BCUT2D eigenvalue weighted by molar-refractivity contribution is -0.138. The highest BCUT2D eigenvalue weighted by Gasteiger charge is 2.37. The summed E-state index contributed by atoms with van der Waals surface area (Å²) < 4.78 is 5.90. The first-order chi connectivity index (χ1) is 14.1. The minimum atomic E-state index is -1.02. The number of ether oxygens (including phenoxy) is 1. The molecule has 2 aromatic rings. The fourth-order valence-corrected chi connectivity index (χ4v) is 3.72. The third-order valence-corrected chi connectivity index (χ3v) is 5.15. The molecule has 0 aliphatic carbocycles. The Labute approximate surface area is 168 Å². The number of nitrogens with zero attached hydrogens (tertiary/aromatic N) is 3. The Hall–Kier alpha value is -3.26. The Balaban J connectivity index is 1.52. The molecule has 8 nitrogen and oxygen atoms in total. The SMILES string of the molecule is O=C(N[C@H]1CCCO[C@@H]1c1ccncc1)C1=NN(c2ccccc2)C(C(=O)O)C1. The molecule has 0 bridgehead atoms. The van der Waals surface area contributed by atoms with Gasteiger partial charge in [-0.25, -0.2) is 4.79 Å². The number of pyridine rings is 1. The van der Waals surface area contributed by atoms with Crippen LogP contribution in [-0.2, 0) is 14.3 Å².